The van der Waals surface area contributed by atoms with Crippen LogP contribution in [-0.2, 0) is 21.2 Å². The van der Waals surface area contributed by atoms with Gasteiger partial charge in [-0.1, -0.05) is 0 Å². The summed E-state index contributed by atoms with van der Waals surface area (Å²) in [6, 6.07) is 0. The smallest absolute Gasteiger partial charge is 0.216 e. The van der Waals surface area contributed by atoms with E-state index in [9.17, 15) is 8.42 Å². The average molecular weight is 432 g/mol. The summed E-state index contributed by atoms with van der Waals surface area (Å²) in [5, 5.41) is 4.48. The van der Waals surface area contributed by atoms with E-state index < -0.39 is 10.0 Å². The van der Waals surface area contributed by atoms with E-state index >= 15 is 0 Å². The lowest BCUT2D eigenvalue weighted by Gasteiger charge is -2.35. The third-order valence-corrected chi connectivity index (χ3v) is 7.54. The van der Waals surface area contributed by atoms with Crippen molar-refractivity contribution in [3.05, 3.63) is 15.6 Å². The Kier molecular flexibility index (Phi) is 8.66. The Hall–Kier alpha value is -1.23. The minimum absolute atomic E-state index is 0.0335. The number of hydrogen-bond acceptors (Lipinski definition) is 6. The van der Waals surface area contributed by atoms with Crippen molar-refractivity contribution in [2.45, 2.75) is 40.2 Å². The Balaban J connectivity index is 1.79. The zero-order valence-electron chi connectivity index (χ0n) is 17.6. The molecule has 0 aromatic carbocycles. The number of thiazole rings is 1. The molecule has 10 heteroatoms. The van der Waals surface area contributed by atoms with Crippen LogP contribution in [0.1, 0.15) is 29.4 Å². The van der Waals surface area contributed by atoms with E-state index in [1.54, 1.807) is 22.7 Å². The Labute approximate surface area is 173 Å². The maximum absolute atomic E-state index is 12.5. The summed E-state index contributed by atoms with van der Waals surface area (Å²) in [6.45, 7) is 11.1. The second-order valence-corrected chi connectivity index (χ2v) is 10.5. The van der Waals surface area contributed by atoms with Gasteiger partial charge in [-0.3, -0.25) is 4.99 Å². The monoisotopic (exact) mass is 431 g/mol. The highest BCUT2D eigenvalue weighted by atomic mass is 32.2. The van der Waals surface area contributed by atoms with Crippen LogP contribution < -0.4 is 5.32 Å². The van der Waals surface area contributed by atoms with E-state index in [1.807, 2.05) is 27.7 Å². The Morgan fingerprint density at radius 3 is 2.50 bits per heavy atom. The SMILES string of the molecule is CN=C(NCCc1sc(C)nc1C)N1CCN(S(=O)(=O)CCOC(C)C)CC1. The highest BCUT2D eigenvalue weighted by Gasteiger charge is 2.28. The number of aryl methyl sites for hydroxylation is 2. The van der Waals surface area contributed by atoms with Crippen LogP contribution in [-0.4, -0.2) is 86.8 Å². The zero-order chi connectivity index (χ0) is 20.7. The molecule has 8 nitrogen and oxygen atoms in total. The van der Waals surface area contributed by atoms with E-state index in [0.29, 0.717) is 26.2 Å². The maximum atomic E-state index is 12.5. The maximum Gasteiger partial charge on any atom is 0.216 e. The van der Waals surface area contributed by atoms with Crippen molar-refractivity contribution < 1.29 is 13.2 Å². The number of sulfonamides is 1. The first-order valence-electron chi connectivity index (χ1n) is 9.71. The molecule has 160 valence electrons. The predicted octanol–water partition coefficient (Wildman–Crippen LogP) is 1.25. The van der Waals surface area contributed by atoms with Crippen molar-refractivity contribution in [2.75, 3.05) is 52.1 Å². The molecular weight excluding hydrogens is 398 g/mol. The fraction of sp³-hybridized carbons (Fsp3) is 0.778. The van der Waals surface area contributed by atoms with Gasteiger partial charge in [0.1, 0.15) is 0 Å². The number of hydrogen-bond donors (Lipinski definition) is 1. The molecule has 0 amide bonds. The average Bonchev–Trinajstić information content (AvgIpc) is 2.95. The van der Waals surface area contributed by atoms with E-state index in [0.717, 1.165) is 29.6 Å². The van der Waals surface area contributed by atoms with Crippen molar-refractivity contribution >= 4 is 27.3 Å². The van der Waals surface area contributed by atoms with Crippen LogP contribution in [0.25, 0.3) is 0 Å². The zero-order valence-corrected chi connectivity index (χ0v) is 19.2. The summed E-state index contributed by atoms with van der Waals surface area (Å²) < 4.78 is 31.9. The van der Waals surface area contributed by atoms with E-state index in [1.165, 1.54) is 4.88 Å². The van der Waals surface area contributed by atoms with Gasteiger partial charge < -0.3 is 15.0 Å². The number of rotatable bonds is 8. The lowest BCUT2D eigenvalue weighted by Crippen LogP contribution is -2.54. The highest BCUT2D eigenvalue weighted by Crippen LogP contribution is 2.17. The molecule has 0 aliphatic carbocycles. The van der Waals surface area contributed by atoms with Crippen molar-refractivity contribution in [3.63, 3.8) is 0 Å². The van der Waals surface area contributed by atoms with Gasteiger partial charge in [0.15, 0.2) is 5.96 Å². The number of aromatic nitrogens is 1. The van der Waals surface area contributed by atoms with Crippen LogP contribution in [0.3, 0.4) is 0 Å². The summed E-state index contributed by atoms with van der Waals surface area (Å²) in [5.74, 6) is 0.852. The molecule has 0 bridgehead atoms. The van der Waals surface area contributed by atoms with Gasteiger partial charge in [-0.15, -0.1) is 11.3 Å². The third kappa shape index (κ3) is 6.68. The summed E-state index contributed by atoms with van der Waals surface area (Å²) in [5.41, 5.74) is 1.10. The van der Waals surface area contributed by atoms with Crippen LogP contribution in [0.2, 0.25) is 0 Å². The summed E-state index contributed by atoms with van der Waals surface area (Å²) in [7, 11) is -1.51. The number of aliphatic imine (C=N–C) groups is 1. The minimum Gasteiger partial charge on any atom is -0.378 e. The van der Waals surface area contributed by atoms with Gasteiger partial charge in [-0.25, -0.2) is 13.4 Å². The lowest BCUT2D eigenvalue weighted by atomic mass is 10.3. The topological polar surface area (TPSA) is 87.1 Å². The molecule has 1 saturated heterocycles. The summed E-state index contributed by atoms with van der Waals surface area (Å²) in [4.78, 5) is 12.2. The highest BCUT2D eigenvalue weighted by molar-refractivity contribution is 7.89. The van der Waals surface area contributed by atoms with E-state index in [-0.39, 0.29) is 18.5 Å². The van der Waals surface area contributed by atoms with E-state index in [4.69, 9.17) is 4.74 Å². The molecule has 0 unspecified atom stereocenters. The number of nitrogens with one attached hydrogen (secondary N) is 1. The summed E-state index contributed by atoms with van der Waals surface area (Å²) in [6.07, 6.45) is 0.944. The van der Waals surface area contributed by atoms with Gasteiger partial charge in [0.2, 0.25) is 10.0 Å². The molecule has 0 radical (unpaired) electrons. The second kappa shape index (κ2) is 10.5. The number of nitrogens with zero attached hydrogens (tertiary/aromatic N) is 4. The van der Waals surface area contributed by atoms with Crippen LogP contribution in [0.15, 0.2) is 4.99 Å². The first-order chi connectivity index (χ1) is 13.2. The van der Waals surface area contributed by atoms with Gasteiger partial charge in [0.25, 0.3) is 0 Å². The van der Waals surface area contributed by atoms with Crippen LogP contribution in [0.5, 0.6) is 0 Å². The first-order valence-corrected chi connectivity index (χ1v) is 12.1. The fourth-order valence-electron chi connectivity index (χ4n) is 3.12. The third-order valence-electron chi connectivity index (χ3n) is 4.57. The number of piperazine rings is 1. The normalized spacial score (nSPS) is 16.8. The predicted molar refractivity (Wildman–Crippen MR) is 115 cm³/mol. The Morgan fingerprint density at radius 2 is 1.96 bits per heavy atom. The fourth-order valence-corrected chi connectivity index (χ4v) is 5.34. The minimum atomic E-state index is -3.27. The lowest BCUT2D eigenvalue weighted by molar-refractivity contribution is 0.0904. The largest absolute Gasteiger partial charge is 0.378 e. The molecule has 0 atom stereocenters. The van der Waals surface area contributed by atoms with Gasteiger partial charge in [0.05, 0.1) is 29.2 Å². The number of guanidine groups is 1. The molecule has 1 aliphatic rings. The molecule has 1 aliphatic heterocycles. The molecular formula is C18H33N5O3S2. The Morgan fingerprint density at radius 1 is 1.29 bits per heavy atom. The van der Waals surface area contributed by atoms with E-state index in [2.05, 4.69) is 20.2 Å². The molecule has 1 fully saturated rings. The Bertz CT molecular complexity index is 753. The molecule has 1 N–H and O–H groups in total. The van der Waals surface area contributed by atoms with Crippen molar-refractivity contribution in [3.8, 4) is 0 Å². The van der Waals surface area contributed by atoms with Gasteiger partial charge in [-0.2, -0.15) is 4.31 Å². The molecule has 28 heavy (non-hydrogen) atoms. The van der Waals surface area contributed by atoms with Crippen molar-refractivity contribution in [2.24, 2.45) is 4.99 Å². The number of ether oxygens (including phenoxy) is 1. The second-order valence-electron chi connectivity index (χ2n) is 7.09. The van der Waals surface area contributed by atoms with Crippen LogP contribution in [0.4, 0.5) is 0 Å². The van der Waals surface area contributed by atoms with Gasteiger partial charge in [0, 0.05) is 51.1 Å². The first kappa shape index (κ1) is 23.1. The van der Waals surface area contributed by atoms with Gasteiger partial charge in [-0.05, 0) is 27.7 Å². The molecule has 0 saturated carbocycles. The van der Waals surface area contributed by atoms with Crippen molar-refractivity contribution in [1.82, 2.24) is 19.5 Å². The van der Waals surface area contributed by atoms with Gasteiger partial charge >= 0.3 is 0 Å². The van der Waals surface area contributed by atoms with Crippen LogP contribution >= 0.6 is 11.3 Å². The quantitative estimate of drug-likeness (QED) is 0.492. The molecule has 2 rings (SSSR count). The molecule has 1 aromatic heterocycles. The standard InChI is InChI=1S/C18H33N5O3S2/c1-14(2)26-12-13-28(24,25)23-10-8-22(9-11-23)18(19-5)20-7-6-17-15(3)21-16(4)27-17/h14H,6-13H2,1-5H3,(H,19,20). The molecule has 0 spiro atoms. The molecule has 1 aromatic rings. The molecule has 2 heterocycles. The van der Waals surface area contributed by atoms with Crippen molar-refractivity contribution in [1.29, 1.82) is 0 Å². The van der Waals surface area contributed by atoms with Crippen LogP contribution in [0, 0.1) is 13.8 Å². The summed E-state index contributed by atoms with van der Waals surface area (Å²) >= 11 is 1.73.